The third-order valence-electron chi connectivity index (χ3n) is 3.29. The lowest BCUT2D eigenvalue weighted by Crippen LogP contribution is -2.09. The molecule has 0 bridgehead atoms. The second kappa shape index (κ2) is 5.46. The fourth-order valence-electron chi connectivity index (χ4n) is 2.24. The van der Waals surface area contributed by atoms with Gasteiger partial charge in [0.15, 0.2) is 0 Å². The maximum Gasteiger partial charge on any atom is 0.124 e. The van der Waals surface area contributed by atoms with Crippen LogP contribution in [0.15, 0.2) is 52.0 Å². The minimum atomic E-state index is 0.122. The van der Waals surface area contributed by atoms with Crippen LogP contribution in [0, 0.1) is 0 Å². The largest absolute Gasteiger partial charge is 0.507 e. The molecule has 3 rings (SSSR count). The van der Waals surface area contributed by atoms with Crippen molar-refractivity contribution in [3.8, 4) is 5.75 Å². The predicted molar refractivity (Wildman–Crippen MR) is 84.3 cm³/mol. The molecule has 1 atom stereocenters. The van der Waals surface area contributed by atoms with Crippen molar-refractivity contribution in [1.82, 2.24) is 5.43 Å². The summed E-state index contributed by atoms with van der Waals surface area (Å²) in [5.41, 5.74) is 5.77. The van der Waals surface area contributed by atoms with Gasteiger partial charge in [-0.3, -0.25) is 0 Å². The molecule has 0 saturated carbocycles. The Balaban J connectivity index is 1.82. The Hall–Kier alpha value is -1.52. The van der Waals surface area contributed by atoms with E-state index in [4.69, 9.17) is 11.6 Å². The van der Waals surface area contributed by atoms with Gasteiger partial charge in [-0.05, 0) is 35.9 Å². The number of phenols is 1. The lowest BCUT2D eigenvalue weighted by atomic mass is 9.99. The number of halogens is 2. The highest BCUT2D eigenvalue weighted by molar-refractivity contribution is 9.10. The Bertz CT molecular complexity index is 670. The zero-order valence-corrected chi connectivity index (χ0v) is 12.8. The molecule has 102 valence electrons. The second-order valence-corrected chi connectivity index (χ2v) is 6.01. The van der Waals surface area contributed by atoms with Gasteiger partial charge in [-0.25, -0.2) is 0 Å². The number of nitrogens with zero attached hydrogens (tertiary/aromatic N) is 1. The van der Waals surface area contributed by atoms with Crippen molar-refractivity contribution < 1.29 is 5.11 Å². The summed E-state index contributed by atoms with van der Waals surface area (Å²) in [6.45, 7) is 0. The zero-order valence-electron chi connectivity index (χ0n) is 10.5. The number of hydrogen-bond acceptors (Lipinski definition) is 3. The van der Waals surface area contributed by atoms with Crippen LogP contribution < -0.4 is 5.43 Å². The molecule has 2 N–H and O–H groups in total. The maximum absolute atomic E-state index is 9.92. The van der Waals surface area contributed by atoms with E-state index in [1.807, 2.05) is 12.1 Å². The molecule has 5 heteroatoms. The molecule has 0 fully saturated rings. The van der Waals surface area contributed by atoms with Gasteiger partial charge in [0.05, 0.1) is 11.8 Å². The van der Waals surface area contributed by atoms with Crippen molar-refractivity contribution in [3.63, 3.8) is 0 Å². The molecule has 0 unspecified atom stereocenters. The molecule has 1 heterocycles. The van der Waals surface area contributed by atoms with E-state index in [-0.39, 0.29) is 11.8 Å². The van der Waals surface area contributed by atoms with E-state index in [0.717, 1.165) is 22.2 Å². The molecule has 0 radical (unpaired) electrons. The summed E-state index contributed by atoms with van der Waals surface area (Å²) in [5.74, 6) is 0.200. The van der Waals surface area contributed by atoms with E-state index in [0.29, 0.717) is 10.6 Å². The zero-order chi connectivity index (χ0) is 14.1. The van der Waals surface area contributed by atoms with Gasteiger partial charge < -0.3 is 10.5 Å². The van der Waals surface area contributed by atoms with Crippen LogP contribution in [0.4, 0.5) is 0 Å². The van der Waals surface area contributed by atoms with Crippen LogP contribution in [0.25, 0.3) is 0 Å². The van der Waals surface area contributed by atoms with E-state index in [2.05, 4.69) is 38.6 Å². The van der Waals surface area contributed by atoms with Crippen LogP contribution in [-0.4, -0.2) is 10.8 Å². The third kappa shape index (κ3) is 2.67. The molecule has 2 aromatic carbocycles. The molecular weight excluding hydrogens is 340 g/mol. The van der Waals surface area contributed by atoms with E-state index in [1.54, 1.807) is 18.2 Å². The molecule has 0 aliphatic carbocycles. The van der Waals surface area contributed by atoms with Crippen LogP contribution in [0.1, 0.15) is 23.6 Å². The highest BCUT2D eigenvalue weighted by Gasteiger charge is 2.23. The molecular formula is C15H12BrClN2O. The van der Waals surface area contributed by atoms with Crippen molar-refractivity contribution >= 4 is 33.2 Å². The van der Waals surface area contributed by atoms with Gasteiger partial charge in [0.1, 0.15) is 5.75 Å². The van der Waals surface area contributed by atoms with Gasteiger partial charge in [0, 0.05) is 21.5 Å². The Morgan fingerprint density at radius 2 is 1.95 bits per heavy atom. The van der Waals surface area contributed by atoms with Crippen molar-refractivity contribution in [1.29, 1.82) is 0 Å². The van der Waals surface area contributed by atoms with Gasteiger partial charge >= 0.3 is 0 Å². The van der Waals surface area contributed by atoms with Crippen LogP contribution >= 0.6 is 27.5 Å². The van der Waals surface area contributed by atoms with Crippen LogP contribution in [0.2, 0.25) is 5.02 Å². The molecule has 20 heavy (non-hydrogen) atoms. The smallest absolute Gasteiger partial charge is 0.124 e. The molecule has 3 nitrogen and oxygen atoms in total. The SMILES string of the molecule is Oc1ccc(Cl)cc1C1=NN[C@@H](c2ccc(Br)cc2)C1. The lowest BCUT2D eigenvalue weighted by Gasteiger charge is -2.10. The number of aromatic hydroxyl groups is 1. The summed E-state index contributed by atoms with van der Waals surface area (Å²) >= 11 is 9.40. The standard InChI is InChI=1S/C15H12BrClN2O/c16-10-3-1-9(2-4-10)13-8-14(19-18-13)12-7-11(17)5-6-15(12)20/h1-7,13,18,20H,8H2/t13-/m1/s1. The number of nitrogens with one attached hydrogen (secondary N) is 1. The minimum absolute atomic E-state index is 0.122. The summed E-state index contributed by atoms with van der Waals surface area (Å²) in [7, 11) is 0. The Kier molecular flexibility index (Phi) is 3.68. The monoisotopic (exact) mass is 350 g/mol. The quantitative estimate of drug-likeness (QED) is 0.849. The average molecular weight is 352 g/mol. The highest BCUT2D eigenvalue weighted by Crippen LogP contribution is 2.30. The summed E-state index contributed by atoms with van der Waals surface area (Å²) in [5, 5.41) is 14.8. The molecule has 0 aromatic heterocycles. The molecule has 0 saturated heterocycles. The summed E-state index contributed by atoms with van der Waals surface area (Å²) in [6, 6.07) is 13.2. The number of phenolic OH excluding ortho intramolecular Hbond substituents is 1. The predicted octanol–water partition coefficient (Wildman–Crippen LogP) is 4.25. The van der Waals surface area contributed by atoms with E-state index < -0.39 is 0 Å². The molecule has 1 aliphatic heterocycles. The maximum atomic E-state index is 9.92. The molecule has 0 spiro atoms. The number of hydrogen-bond donors (Lipinski definition) is 2. The van der Waals surface area contributed by atoms with Crippen molar-refractivity contribution in [2.45, 2.75) is 12.5 Å². The van der Waals surface area contributed by atoms with Crippen molar-refractivity contribution in [3.05, 3.63) is 63.1 Å². The molecule has 1 aliphatic rings. The topological polar surface area (TPSA) is 44.6 Å². The molecule has 0 amide bonds. The number of rotatable bonds is 2. The first-order valence-corrected chi connectivity index (χ1v) is 7.37. The minimum Gasteiger partial charge on any atom is -0.507 e. The lowest BCUT2D eigenvalue weighted by molar-refractivity contribution is 0.474. The van der Waals surface area contributed by atoms with E-state index in [9.17, 15) is 5.11 Å². The second-order valence-electron chi connectivity index (χ2n) is 4.66. The number of hydrazone groups is 1. The normalized spacial score (nSPS) is 17.7. The van der Waals surface area contributed by atoms with Gasteiger partial charge in [0.25, 0.3) is 0 Å². The van der Waals surface area contributed by atoms with Gasteiger partial charge in [-0.15, -0.1) is 0 Å². The Labute approximate surface area is 130 Å². The third-order valence-corrected chi connectivity index (χ3v) is 4.06. The van der Waals surface area contributed by atoms with Crippen molar-refractivity contribution in [2.24, 2.45) is 5.10 Å². The van der Waals surface area contributed by atoms with Gasteiger partial charge in [-0.1, -0.05) is 39.7 Å². The first-order valence-electron chi connectivity index (χ1n) is 6.20. The fraction of sp³-hybridized carbons (Fsp3) is 0.133. The van der Waals surface area contributed by atoms with Gasteiger partial charge in [0.2, 0.25) is 0 Å². The summed E-state index contributed by atoms with van der Waals surface area (Å²) in [4.78, 5) is 0. The summed E-state index contributed by atoms with van der Waals surface area (Å²) in [6.07, 6.45) is 0.718. The highest BCUT2D eigenvalue weighted by atomic mass is 79.9. The first-order chi connectivity index (χ1) is 9.63. The van der Waals surface area contributed by atoms with Crippen molar-refractivity contribution in [2.75, 3.05) is 0 Å². The average Bonchev–Trinajstić information content (AvgIpc) is 2.92. The Morgan fingerprint density at radius 1 is 1.20 bits per heavy atom. The first kappa shape index (κ1) is 13.5. The molecule has 2 aromatic rings. The van der Waals surface area contributed by atoms with Crippen LogP contribution in [0.5, 0.6) is 5.75 Å². The Morgan fingerprint density at radius 3 is 2.70 bits per heavy atom. The van der Waals surface area contributed by atoms with Crippen LogP contribution in [0.3, 0.4) is 0 Å². The van der Waals surface area contributed by atoms with E-state index >= 15 is 0 Å². The number of benzene rings is 2. The van der Waals surface area contributed by atoms with Crippen LogP contribution in [-0.2, 0) is 0 Å². The van der Waals surface area contributed by atoms with E-state index in [1.165, 1.54) is 0 Å². The fourth-order valence-corrected chi connectivity index (χ4v) is 2.67. The van der Waals surface area contributed by atoms with Gasteiger partial charge in [-0.2, -0.15) is 5.10 Å². The summed E-state index contributed by atoms with van der Waals surface area (Å²) < 4.78 is 1.05.